The van der Waals surface area contributed by atoms with Crippen LogP contribution in [0, 0.1) is 6.92 Å². The second-order valence-corrected chi connectivity index (χ2v) is 4.55. The molecule has 0 aliphatic rings. The average molecular weight is 258 g/mol. The van der Waals surface area contributed by atoms with Crippen molar-refractivity contribution in [1.29, 1.82) is 0 Å². The Hall–Kier alpha value is -2.36. The molecule has 0 aliphatic heterocycles. The molecular weight excluding hydrogens is 236 g/mol. The number of benzene rings is 2. The molecule has 2 aromatic rings. The highest BCUT2D eigenvalue weighted by atomic mass is 15.1. The van der Waals surface area contributed by atoms with Crippen molar-refractivity contribution >= 4 is 22.7 Å². The summed E-state index contributed by atoms with van der Waals surface area (Å²) < 4.78 is 0. The van der Waals surface area contributed by atoms with Crippen molar-refractivity contribution in [1.82, 2.24) is 0 Å². The van der Waals surface area contributed by atoms with Gasteiger partial charge in [0, 0.05) is 36.8 Å². The Kier molecular flexibility index (Phi) is 5.06. The van der Waals surface area contributed by atoms with Crippen LogP contribution in [0.3, 0.4) is 0 Å². The molecule has 0 unspecified atom stereocenters. The van der Waals surface area contributed by atoms with Gasteiger partial charge in [-0.1, -0.05) is 12.1 Å². The van der Waals surface area contributed by atoms with Crippen molar-refractivity contribution in [2.24, 2.45) is 0 Å². The molecule has 0 aliphatic carbocycles. The minimum Gasteiger partial charge on any atom is -0.399 e. The molecule has 0 heterocycles. The molecule has 0 fully saturated rings. The summed E-state index contributed by atoms with van der Waals surface area (Å²) in [7, 11) is 3.99. The number of hydrogen-bond donors (Lipinski definition) is 3. The van der Waals surface area contributed by atoms with Crippen molar-refractivity contribution in [3.8, 4) is 0 Å². The van der Waals surface area contributed by atoms with E-state index in [1.165, 1.54) is 0 Å². The fraction of sp³-hybridized carbons (Fsp3) is 0.200. The molecule has 0 radical (unpaired) electrons. The lowest BCUT2D eigenvalue weighted by molar-refractivity contribution is 1.13. The summed E-state index contributed by atoms with van der Waals surface area (Å²) in [4.78, 5) is 2.02. The Bertz CT molecular complexity index is 515. The standard InChI is InChI=1S/C8H12N2.C7H10N2/c1-10(2)8-5-3-4-7(9)6-8;1-5-6(8)3-2-4-7(5)9/h3-6H,9H2,1-2H3;2-4H,8-9H2,1H3. The monoisotopic (exact) mass is 258 g/mol. The SMILES string of the molecule is CN(C)c1cccc(N)c1.Cc1c(N)cccc1N. The maximum absolute atomic E-state index is 5.57. The second-order valence-electron chi connectivity index (χ2n) is 4.55. The molecule has 0 bridgehead atoms. The number of anilines is 4. The third kappa shape index (κ3) is 4.43. The van der Waals surface area contributed by atoms with Gasteiger partial charge in [0.2, 0.25) is 0 Å². The summed E-state index contributed by atoms with van der Waals surface area (Å²) in [5.41, 5.74) is 21.1. The summed E-state index contributed by atoms with van der Waals surface area (Å²) in [6.07, 6.45) is 0. The van der Waals surface area contributed by atoms with E-state index >= 15 is 0 Å². The van der Waals surface area contributed by atoms with Crippen LogP contribution in [0.4, 0.5) is 22.7 Å². The second kappa shape index (κ2) is 6.54. The maximum Gasteiger partial charge on any atom is 0.0381 e. The zero-order chi connectivity index (χ0) is 14.4. The van der Waals surface area contributed by atoms with Gasteiger partial charge in [-0.25, -0.2) is 0 Å². The molecule has 0 aromatic heterocycles. The van der Waals surface area contributed by atoms with Gasteiger partial charge in [0.25, 0.3) is 0 Å². The average Bonchev–Trinajstić information content (AvgIpc) is 2.36. The minimum absolute atomic E-state index is 0.759. The van der Waals surface area contributed by atoms with E-state index in [1.54, 1.807) is 0 Å². The molecule has 6 N–H and O–H groups in total. The Labute approximate surface area is 114 Å². The maximum atomic E-state index is 5.57. The van der Waals surface area contributed by atoms with E-state index in [1.807, 2.05) is 68.4 Å². The smallest absolute Gasteiger partial charge is 0.0381 e. The summed E-state index contributed by atoms with van der Waals surface area (Å²) in [5, 5.41) is 0. The van der Waals surface area contributed by atoms with Crippen LogP contribution in [-0.4, -0.2) is 14.1 Å². The van der Waals surface area contributed by atoms with Gasteiger partial charge >= 0.3 is 0 Å². The van der Waals surface area contributed by atoms with E-state index in [0.717, 1.165) is 28.3 Å². The Morgan fingerprint density at radius 1 is 0.842 bits per heavy atom. The topological polar surface area (TPSA) is 81.3 Å². The largest absolute Gasteiger partial charge is 0.399 e. The molecular formula is C15H22N4. The quantitative estimate of drug-likeness (QED) is 0.686. The van der Waals surface area contributed by atoms with E-state index < -0.39 is 0 Å². The van der Waals surface area contributed by atoms with Gasteiger partial charge < -0.3 is 22.1 Å². The molecule has 19 heavy (non-hydrogen) atoms. The first-order chi connectivity index (χ1) is 8.91. The number of nitrogens with zero attached hydrogens (tertiary/aromatic N) is 1. The Balaban J connectivity index is 0.000000191. The lowest BCUT2D eigenvalue weighted by Crippen LogP contribution is -2.08. The summed E-state index contributed by atoms with van der Waals surface area (Å²) in [6, 6.07) is 13.3. The van der Waals surface area contributed by atoms with Crippen molar-refractivity contribution in [2.75, 3.05) is 36.2 Å². The van der Waals surface area contributed by atoms with Crippen molar-refractivity contribution in [3.63, 3.8) is 0 Å². The van der Waals surface area contributed by atoms with E-state index in [4.69, 9.17) is 17.2 Å². The van der Waals surface area contributed by atoms with E-state index in [9.17, 15) is 0 Å². The van der Waals surface area contributed by atoms with E-state index in [-0.39, 0.29) is 0 Å². The van der Waals surface area contributed by atoms with Gasteiger partial charge in [-0.05, 0) is 42.8 Å². The normalized spacial score (nSPS) is 9.42. The predicted octanol–water partition coefficient (Wildman–Crippen LogP) is 2.49. The fourth-order valence-electron chi connectivity index (χ4n) is 1.48. The number of nitrogen functional groups attached to an aromatic ring is 3. The fourth-order valence-corrected chi connectivity index (χ4v) is 1.48. The highest BCUT2D eigenvalue weighted by Gasteiger charge is 1.93. The zero-order valence-corrected chi connectivity index (χ0v) is 11.7. The summed E-state index contributed by atoms with van der Waals surface area (Å²) >= 11 is 0. The third-order valence-corrected chi connectivity index (χ3v) is 2.80. The minimum atomic E-state index is 0.759. The molecule has 0 amide bonds. The van der Waals surface area contributed by atoms with Gasteiger partial charge in [-0.3, -0.25) is 0 Å². The summed E-state index contributed by atoms with van der Waals surface area (Å²) in [5.74, 6) is 0. The van der Waals surface area contributed by atoms with Crippen LogP contribution in [0.25, 0.3) is 0 Å². The number of rotatable bonds is 1. The van der Waals surface area contributed by atoms with E-state index in [0.29, 0.717) is 0 Å². The summed E-state index contributed by atoms with van der Waals surface area (Å²) in [6.45, 7) is 1.91. The molecule has 2 rings (SSSR count). The van der Waals surface area contributed by atoms with Crippen molar-refractivity contribution in [2.45, 2.75) is 6.92 Å². The molecule has 4 heteroatoms. The third-order valence-electron chi connectivity index (χ3n) is 2.80. The van der Waals surface area contributed by atoms with Gasteiger partial charge in [-0.15, -0.1) is 0 Å². The van der Waals surface area contributed by atoms with E-state index in [2.05, 4.69) is 0 Å². The van der Waals surface area contributed by atoms with Gasteiger partial charge in [0.1, 0.15) is 0 Å². The van der Waals surface area contributed by atoms with Gasteiger partial charge in [0.05, 0.1) is 0 Å². The molecule has 0 saturated heterocycles. The highest BCUT2D eigenvalue weighted by Crippen LogP contribution is 2.16. The van der Waals surface area contributed by atoms with Crippen molar-refractivity contribution in [3.05, 3.63) is 48.0 Å². The van der Waals surface area contributed by atoms with Crippen LogP contribution < -0.4 is 22.1 Å². The molecule has 2 aromatic carbocycles. The first-order valence-electron chi connectivity index (χ1n) is 6.05. The van der Waals surface area contributed by atoms with Crippen LogP contribution in [0.1, 0.15) is 5.56 Å². The van der Waals surface area contributed by atoms with Crippen LogP contribution in [0.5, 0.6) is 0 Å². The van der Waals surface area contributed by atoms with Crippen molar-refractivity contribution < 1.29 is 0 Å². The first-order valence-corrected chi connectivity index (χ1v) is 6.05. The molecule has 102 valence electrons. The van der Waals surface area contributed by atoms with Crippen LogP contribution in [0.15, 0.2) is 42.5 Å². The Morgan fingerprint density at radius 2 is 1.37 bits per heavy atom. The Morgan fingerprint density at radius 3 is 1.74 bits per heavy atom. The van der Waals surface area contributed by atoms with Gasteiger partial charge in [-0.2, -0.15) is 0 Å². The molecule has 0 saturated carbocycles. The molecule has 0 spiro atoms. The van der Waals surface area contributed by atoms with Gasteiger partial charge in [0.15, 0.2) is 0 Å². The van der Waals surface area contributed by atoms with Crippen LogP contribution in [-0.2, 0) is 0 Å². The first kappa shape index (κ1) is 14.7. The highest BCUT2D eigenvalue weighted by molar-refractivity contribution is 5.60. The lowest BCUT2D eigenvalue weighted by Gasteiger charge is -2.11. The predicted molar refractivity (Wildman–Crippen MR) is 85.2 cm³/mol. The number of nitrogens with two attached hydrogens (primary N) is 3. The lowest BCUT2D eigenvalue weighted by atomic mass is 10.2. The molecule has 4 nitrogen and oxygen atoms in total. The zero-order valence-electron chi connectivity index (χ0n) is 11.7. The van der Waals surface area contributed by atoms with Crippen LogP contribution in [0.2, 0.25) is 0 Å². The molecule has 0 atom stereocenters. The van der Waals surface area contributed by atoms with Crippen LogP contribution >= 0.6 is 0 Å². The number of hydrogen-bond acceptors (Lipinski definition) is 4.